The van der Waals surface area contributed by atoms with Crippen LogP contribution in [-0.4, -0.2) is 57.9 Å². The van der Waals surface area contributed by atoms with E-state index in [-0.39, 0.29) is 36.2 Å². The van der Waals surface area contributed by atoms with Crippen molar-refractivity contribution in [2.24, 2.45) is 5.92 Å². The van der Waals surface area contributed by atoms with Gasteiger partial charge >= 0.3 is 0 Å². The number of carbonyl (C=O) groups excluding carboxylic acids is 3. The Morgan fingerprint density at radius 3 is 1.97 bits per heavy atom. The van der Waals surface area contributed by atoms with Gasteiger partial charge in [0.05, 0.1) is 19.6 Å². The van der Waals surface area contributed by atoms with Gasteiger partial charge in [-0.3, -0.25) is 14.4 Å². The average Bonchev–Trinajstić information content (AvgIpc) is 2.86. The van der Waals surface area contributed by atoms with Crippen molar-refractivity contribution in [1.29, 1.82) is 0 Å². The first-order chi connectivity index (χ1) is 16.7. The number of nitrogens with zero attached hydrogens (tertiary/aromatic N) is 1. The van der Waals surface area contributed by atoms with Crippen molar-refractivity contribution < 1.29 is 34.4 Å². The predicted molar refractivity (Wildman–Crippen MR) is 133 cm³/mol. The summed E-state index contributed by atoms with van der Waals surface area (Å²) in [6, 6.07) is 9.04. The Balaban J connectivity index is 2.30. The van der Waals surface area contributed by atoms with E-state index in [0.29, 0.717) is 29.8 Å². The summed E-state index contributed by atoms with van der Waals surface area (Å²) in [4.78, 5) is 40.3. The first-order valence-electron chi connectivity index (χ1n) is 11.2. The number of ether oxygens (including phenoxy) is 1. The maximum absolute atomic E-state index is 13.0. The van der Waals surface area contributed by atoms with E-state index < -0.39 is 17.5 Å². The lowest BCUT2D eigenvalue weighted by atomic mass is 9.92. The zero-order valence-electron chi connectivity index (χ0n) is 20.1. The molecule has 8 nitrogen and oxygen atoms in total. The molecule has 0 aliphatic heterocycles. The quantitative estimate of drug-likeness (QED) is 0.314. The zero-order chi connectivity index (χ0) is 26.0. The van der Waals surface area contributed by atoms with E-state index >= 15 is 0 Å². The summed E-state index contributed by atoms with van der Waals surface area (Å²) < 4.78 is 5.07. The fourth-order valence-electron chi connectivity index (χ4n) is 3.44. The molecular weight excluding hydrogens is 450 g/mol. The lowest BCUT2D eigenvalue weighted by molar-refractivity contribution is -0.137. The molecule has 2 aromatic rings. The molecule has 0 aliphatic carbocycles. The number of rotatable bonds is 12. The number of aromatic hydroxyl groups is 2. The van der Waals surface area contributed by atoms with Crippen LogP contribution in [0.4, 0.5) is 0 Å². The first-order valence-corrected chi connectivity index (χ1v) is 11.2. The highest BCUT2D eigenvalue weighted by molar-refractivity contribution is 6.15. The number of aliphatic hydroxyl groups is 1. The number of allylic oxidation sites excluding steroid dienone is 2. The number of phenols is 2. The van der Waals surface area contributed by atoms with Crippen LogP contribution in [0.3, 0.4) is 0 Å². The number of methoxy groups -OCH3 is 1. The first kappa shape index (κ1) is 27.3. The number of hydrogen-bond acceptors (Lipinski definition) is 7. The molecule has 186 valence electrons. The van der Waals surface area contributed by atoms with Gasteiger partial charge < -0.3 is 25.0 Å². The molecular formula is C27H31NO7. The van der Waals surface area contributed by atoms with Gasteiger partial charge in [0.15, 0.2) is 23.1 Å². The van der Waals surface area contributed by atoms with E-state index in [4.69, 9.17) is 4.74 Å². The molecule has 0 radical (unpaired) electrons. The monoisotopic (exact) mass is 481 g/mol. The number of benzene rings is 2. The van der Waals surface area contributed by atoms with E-state index in [0.717, 1.165) is 0 Å². The zero-order valence-corrected chi connectivity index (χ0v) is 20.1. The van der Waals surface area contributed by atoms with E-state index in [9.17, 15) is 29.7 Å². The maximum Gasteiger partial charge on any atom is 0.223 e. The summed E-state index contributed by atoms with van der Waals surface area (Å²) in [6.07, 6.45) is 5.15. The summed E-state index contributed by atoms with van der Waals surface area (Å²) in [6.45, 7) is 4.19. The van der Waals surface area contributed by atoms with Crippen molar-refractivity contribution in [2.75, 3.05) is 20.2 Å². The van der Waals surface area contributed by atoms with E-state index in [1.54, 1.807) is 23.1 Å². The standard InChI is InChI=1S/C27H31NO7/c1-4-28(5-2)27(34)16-21(23(31)11-7-18-6-10-22(30)20(14-18)17-29)24(32)12-8-19-9-13-25(33)26(15-19)35-3/h6-15,21,29-30,33H,4-5,16-17H2,1-3H3/b11-7+,12-8+. The normalized spacial score (nSPS) is 12.1. The molecule has 0 aromatic heterocycles. The van der Waals surface area contributed by atoms with Crippen molar-refractivity contribution in [3.63, 3.8) is 0 Å². The van der Waals surface area contributed by atoms with Crippen LogP contribution in [0.2, 0.25) is 0 Å². The molecule has 1 unspecified atom stereocenters. The Labute approximate surface area is 204 Å². The molecule has 2 rings (SSSR count). The van der Waals surface area contributed by atoms with Crippen LogP contribution >= 0.6 is 0 Å². The Hall–Kier alpha value is -3.91. The Morgan fingerprint density at radius 1 is 0.914 bits per heavy atom. The van der Waals surface area contributed by atoms with Crippen LogP contribution in [0, 0.1) is 5.92 Å². The van der Waals surface area contributed by atoms with Crippen LogP contribution in [0.25, 0.3) is 12.2 Å². The van der Waals surface area contributed by atoms with Crippen LogP contribution < -0.4 is 4.74 Å². The van der Waals surface area contributed by atoms with Gasteiger partial charge in [0.25, 0.3) is 0 Å². The summed E-state index contributed by atoms with van der Waals surface area (Å²) in [7, 11) is 1.41. The molecule has 0 saturated carbocycles. The van der Waals surface area contributed by atoms with Gasteiger partial charge in [-0.2, -0.15) is 0 Å². The van der Waals surface area contributed by atoms with Crippen LogP contribution in [0.15, 0.2) is 48.6 Å². The third-order valence-electron chi connectivity index (χ3n) is 5.54. The number of amides is 1. The lowest BCUT2D eigenvalue weighted by Crippen LogP contribution is -2.35. The Bertz CT molecular complexity index is 1040. The molecule has 0 fully saturated rings. The molecule has 0 bridgehead atoms. The number of phenolic OH excluding ortho intramolecular Hbond substituents is 1. The van der Waals surface area contributed by atoms with Crippen molar-refractivity contribution in [1.82, 2.24) is 4.90 Å². The number of aliphatic hydroxyl groups excluding tert-OH is 1. The highest BCUT2D eigenvalue weighted by Gasteiger charge is 2.27. The predicted octanol–water partition coefficient (Wildman–Crippen LogP) is 3.34. The number of ketones is 2. The maximum atomic E-state index is 13.0. The Kier molecular flexibility index (Phi) is 10.2. The van der Waals surface area contributed by atoms with Crippen molar-refractivity contribution >= 4 is 29.6 Å². The minimum Gasteiger partial charge on any atom is -0.508 e. The lowest BCUT2D eigenvalue weighted by Gasteiger charge is -2.20. The Morgan fingerprint density at radius 2 is 1.46 bits per heavy atom. The van der Waals surface area contributed by atoms with Crippen molar-refractivity contribution in [3.05, 3.63) is 65.2 Å². The molecule has 2 aromatic carbocycles. The molecule has 35 heavy (non-hydrogen) atoms. The number of carbonyl (C=O) groups is 3. The fraction of sp³-hybridized carbons (Fsp3) is 0.296. The van der Waals surface area contributed by atoms with Gasteiger partial charge in [-0.05, 0) is 61.4 Å². The molecule has 8 heteroatoms. The second-order valence-electron chi connectivity index (χ2n) is 7.77. The van der Waals surface area contributed by atoms with E-state index in [1.165, 1.54) is 49.6 Å². The molecule has 0 aliphatic rings. The molecule has 1 atom stereocenters. The largest absolute Gasteiger partial charge is 0.508 e. The summed E-state index contributed by atoms with van der Waals surface area (Å²) in [5.41, 5.74) is 1.43. The molecule has 3 N–H and O–H groups in total. The fourth-order valence-corrected chi connectivity index (χ4v) is 3.44. The highest BCUT2D eigenvalue weighted by Crippen LogP contribution is 2.27. The topological polar surface area (TPSA) is 124 Å². The average molecular weight is 482 g/mol. The molecule has 0 heterocycles. The molecule has 1 amide bonds. The van der Waals surface area contributed by atoms with Crippen LogP contribution in [0.5, 0.6) is 17.2 Å². The number of hydrogen-bond donors (Lipinski definition) is 3. The van der Waals surface area contributed by atoms with E-state index in [2.05, 4.69) is 0 Å². The van der Waals surface area contributed by atoms with Gasteiger partial charge in [0.2, 0.25) is 5.91 Å². The third-order valence-corrected chi connectivity index (χ3v) is 5.54. The van der Waals surface area contributed by atoms with Crippen molar-refractivity contribution in [2.45, 2.75) is 26.9 Å². The smallest absolute Gasteiger partial charge is 0.223 e. The second-order valence-corrected chi connectivity index (χ2v) is 7.77. The second kappa shape index (κ2) is 13.1. The van der Waals surface area contributed by atoms with Crippen LogP contribution in [0.1, 0.15) is 37.0 Å². The highest BCUT2D eigenvalue weighted by atomic mass is 16.5. The summed E-state index contributed by atoms with van der Waals surface area (Å²) in [5.74, 6) is -2.47. The minimum atomic E-state index is -1.22. The van der Waals surface area contributed by atoms with Gasteiger partial charge in [-0.1, -0.05) is 24.3 Å². The van der Waals surface area contributed by atoms with Gasteiger partial charge in [0, 0.05) is 25.1 Å². The summed E-state index contributed by atoms with van der Waals surface area (Å²) in [5, 5.41) is 28.8. The molecule has 0 spiro atoms. The van der Waals surface area contributed by atoms with Gasteiger partial charge in [-0.25, -0.2) is 0 Å². The van der Waals surface area contributed by atoms with Crippen LogP contribution in [-0.2, 0) is 21.0 Å². The van der Waals surface area contributed by atoms with Gasteiger partial charge in [0.1, 0.15) is 5.75 Å². The van der Waals surface area contributed by atoms with Crippen molar-refractivity contribution in [3.8, 4) is 17.2 Å². The van der Waals surface area contributed by atoms with Gasteiger partial charge in [-0.15, -0.1) is 0 Å². The van der Waals surface area contributed by atoms with E-state index in [1.807, 2.05) is 13.8 Å². The minimum absolute atomic E-state index is 0.0439. The summed E-state index contributed by atoms with van der Waals surface area (Å²) >= 11 is 0. The third kappa shape index (κ3) is 7.55. The molecule has 0 saturated heterocycles. The SMILES string of the molecule is CCN(CC)C(=O)CC(C(=O)/C=C/c1ccc(O)c(CO)c1)C(=O)/C=C/c1ccc(O)c(OC)c1.